The maximum Gasteiger partial charge on any atom is 0.226 e. The molecule has 2 heterocycles. The van der Waals surface area contributed by atoms with E-state index in [-0.39, 0.29) is 6.10 Å². The van der Waals surface area contributed by atoms with Gasteiger partial charge >= 0.3 is 0 Å². The molecule has 0 aliphatic carbocycles. The third-order valence-corrected chi connectivity index (χ3v) is 2.28. The van der Waals surface area contributed by atoms with Gasteiger partial charge in [-0.2, -0.15) is 4.98 Å². The molecule has 0 spiro atoms. The molecule has 1 saturated heterocycles. The molecule has 0 radical (unpaired) electrons. The number of β-amino-alcohol motifs (C(OH)–C–C–N with tert-alkyl or cyclic N) is 1. The molecule has 5 heteroatoms. The van der Waals surface area contributed by atoms with Gasteiger partial charge in [0.05, 0.1) is 12.6 Å². The van der Waals surface area contributed by atoms with Crippen LogP contribution in [0.25, 0.3) is 0 Å². The molecule has 0 bridgehead atoms. The zero-order valence-electron chi connectivity index (χ0n) is 8.31. The Morgan fingerprint density at radius 3 is 3.00 bits per heavy atom. The van der Waals surface area contributed by atoms with E-state index in [4.69, 9.17) is 9.63 Å². The SMILES string of the molecule is CCCc1nc(CN2CC(O)C2)no1. The summed E-state index contributed by atoms with van der Waals surface area (Å²) in [4.78, 5) is 6.33. The zero-order valence-corrected chi connectivity index (χ0v) is 8.31. The molecule has 1 fully saturated rings. The summed E-state index contributed by atoms with van der Waals surface area (Å²) in [5, 5.41) is 13.0. The number of nitrogens with zero attached hydrogens (tertiary/aromatic N) is 3. The maximum absolute atomic E-state index is 9.08. The van der Waals surface area contributed by atoms with Crippen molar-refractivity contribution in [3.63, 3.8) is 0 Å². The lowest BCUT2D eigenvalue weighted by Crippen LogP contribution is -2.49. The second kappa shape index (κ2) is 4.06. The van der Waals surface area contributed by atoms with E-state index in [2.05, 4.69) is 22.0 Å². The van der Waals surface area contributed by atoms with Crippen LogP contribution in [0.3, 0.4) is 0 Å². The summed E-state index contributed by atoms with van der Waals surface area (Å²) in [5.41, 5.74) is 0. The van der Waals surface area contributed by atoms with Crippen molar-refractivity contribution in [3.05, 3.63) is 11.7 Å². The van der Waals surface area contributed by atoms with Gasteiger partial charge in [0.15, 0.2) is 5.82 Å². The van der Waals surface area contributed by atoms with E-state index in [0.717, 1.165) is 31.8 Å². The number of hydrogen-bond acceptors (Lipinski definition) is 5. The fraction of sp³-hybridized carbons (Fsp3) is 0.778. The van der Waals surface area contributed by atoms with Crippen molar-refractivity contribution in [3.8, 4) is 0 Å². The Labute approximate surface area is 82.7 Å². The minimum absolute atomic E-state index is 0.169. The monoisotopic (exact) mass is 197 g/mol. The first kappa shape index (κ1) is 9.61. The van der Waals surface area contributed by atoms with Crippen LogP contribution in [0, 0.1) is 0 Å². The van der Waals surface area contributed by atoms with Gasteiger partial charge < -0.3 is 9.63 Å². The molecule has 0 atom stereocenters. The molecule has 1 aromatic rings. The number of aryl methyl sites for hydroxylation is 1. The fourth-order valence-corrected chi connectivity index (χ4v) is 1.54. The Morgan fingerprint density at radius 2 is 2.36 bits per heavy atom. The highest BCUT2D eigenvalue weighted by atomic mass is 16.5. The van der Waals surface area contributed by atoms with Crippen molar-refractivity contribution in [1.82, 2.24) is 15.0 Å². The number of aliphatic hydroxyl groups is 1. The van der Waals surface area contributed by atoms with E-state index in [0.29, 0.717) is 12.4 Å². The summed E-state index contributed by atoms with van der Waals surface area (Å²) in [6.45, 7) is 4.20. The quantitative estimate of drug-likeness (QED) is 0.747. The van der Waals surface area contributed by atoms with Crippen molar-refractivity contribution in [2.24, 2.45) is 0 Å². The first-order valence-electron chi connectivity index (χ1n) is 5.00. The predicted molar refractivity (Wildman–Crippen MR) is 49.6 cm³/mol. The number of aromatic nitrogens is 2. The smallest absolute Gasteiger partial charge is 0.226 e. The molecule has 1 aliphatic rings. The molecule has 14 heavy (non-hydrogen) atoms. The average molecular weight is 197 g/mol. The lowest BCUT2D eigenvalue weighted by molar-refractivity contribution is -0.00461. The summed E-state index contributed by atoms with van der Waals surface area (Å²) >= 11 is 0. The van der Waals surface area contributed by atoms with E-state index in [1.54, 1.807) is 0 Å². The molecule has 1 aliphatic heterocycles. The molecule has 5 nitrogen and oxygen atoms in total. The molecule has 0 saturated carbocycles. The standard InChI is InChI=1S/C9H15N3O2/c1-2-3-9-10-8(11-14-9)6-12-4-7(13)5-12/h7,13H,2-6H2,1H3. The Balaban J connectivity index is 1.84. The minimum Gasteiger partial charge on any atom is -0.390 e. The second-order valence-corrected chi connectivity index (χ2v) is 3.70. The van der Waals surface area contributed by atoms with Gasteiger partial charge in [-0.25, -0.2) is 0 Å². The van der Waals surface area contributed by atoms with Gasteiger partial charge in [-0.05, 0) is 6.42 Å². The van der Waals surface area contributed by atoms with Gasteiger partial charge in [0, 0.05) is 19.5 Å². The highest BCUT2D eigenvalue weighted by Gasteiger charge is 2.25. The lowest BCUT2D eigenvalue weighted by Gasteiger charge is -2.34. The third-order valence-electron chi connectivity index (χ3n) is 2.28. The van der Waals surface area contributed by atoms with Crippen LogP contribution in [0.1, 0.15) is 25.1 Å². The van der Waals surface area contributed by atoms with Crippen molar-refractivity contribution in [2.75, 3.05) is 13.1 Å². The average Bonchev–Trinajstić information content (AvgIpc) is 2.51. The number of aliphatic hydroxyl groups excluding tert-OH is 1. The first-order valence-corrected chi connectivity index (χ1v) is 5.00. The molecule has 0 unspecified atom stereocenters. The Bertz CT molecular complexity index is 294. The van der Waals surface area contributed by atoms with Crippen LogP contribution >= 0.6 is 0 Å². The van der Waals surface area contributed by atoms with Gasteiger partial charge in [-0.15, -0.1) is 0 Å². The van der Waals surface area contributed by atoms with Gasteiger partial charge in [0.1, 0.15) is 0 Å². The predicted octanol–water partition coefficient (Wildman–Crippen LogP) is 0.199. The fourth-order valence-electron chi connectivity index (χ4n) is 1.54. The first-order chi connectivity index (χ1) is 6.78. The molecule has 78 valence electrons. The number of likely N-dealkylation sites (tertiary alicyclic amines) is 1. The van der Waals surface area contributed by atoms with Gasteiger partial charge in [0.25, 0.3) is 0 Å². The van der Waals surface area contributed by atoms with Gasteiger partial charge in [-0.1, -0.05) is 12.1 Å². The van der Waals surface area contributed by atoms with Crippen molar-refractivity contribution in [1.29, 1.82) is 0 Å². The summed E-state index contributed by atoms with van der Waals surface area (Å²) in [6, 6.07) is 0. The summed E-state index contributed by atoms with van der Waals surface area (Å²) in [6.07, 6.45) is 1.69. The third kappa shape index (κ3) is 2.10. The lowest BCUT2D eigenvalue weighted by atomic mass is 10.2. The van der Waals surface area contributed by atoms with Crippen LogP contribution < -0.4 is 0 Å². The molecule has 0 aromatic carbocycles. The summed E-state index contributed by atoms with van der Waals surface area (Å²) in [5.74, 6) is 1.43. The highest BCUT2D eigenvalue weighted by Crippen LogP contribution is 2.11. The minimum atomic E-state index is -0.169. The van der Waals surface area contributed by atoms with Crippen LogP contribution in [0.15, 0.2) is 4.52 Å². The van der Waals surface area contributed by atoms with Crippen LogP contribution in [0.5, 0.6) is 0 Å². The Morgan fingerprint density at radius 1 is 1.57 bits per heavy atom. The van der Waals surface area contributed by atoms with E-state index in [1.165, 1.54) is 0 Å². The summed E-state index contributed by atoms with van der Waals surface area (Å²) < 4.78 is 5.05. The van der Waals surface area contributed by atoms with Gasteiger partial charge in [-0.3, -0.25) is 4.90 Å². The normalized spacial score (nSPS) is 18.4. The van der Waals surface area contributed by atoms with E-state index in [9.17, 15) is 0 Å². The molecule has 0 amide bonds. The van der Waals surface area contributed by atoms with Crippen LogP contribution in [0.2, 0.25) is 0 Å². The molecule has 2 rings (SSSR count). The maximum atomic E-state index is 9.08. The van der Waals surface area contributed by atoms with Crippen molar-refractivity contribution >= 4 is 0 Å². The number of hydrogen-bond donors (Lipinski definition) is 1. The molecule has 1 aromatic heterocycles. The summed E-state index contributed by atoms with van der Waals surface area (Å²) in [7, 11) is 0. The Hall–Kier alpha value is -0.940. The largest absolute Gasteiger partial charge is 0.390 e. The van der Waals surface area contributed by atoms with Gasteiger partial charge in [0.2, 0.25) is 5.89 Å². The number of rotatable bonds is 4. The van der Waals surface area contributed by atoms with Crippen LogP contribution in [-0.4, -0.2) is 39.3 Å². The van der Waals surface area contributed by atoms with E-state index < -0.39 is 0 Å². The van der Waals surface area contributed by atoms with Crippen LogP contribution in [-0.2, 0) is 13.0 Å². The van der Waals surface area contributed by atoms with Crippen molar-refractivity contribution < 1.29 is 9.63 Å². The Kier molecular flexibility index (Phi) is 2.79. The van der Waals surface area contributed by atoms with Crippen LogP contribution in [0.4, 0.5) is 0 Å². The van der Waals surface area contributed by atoms with Crippen molar-refractivity contribution in [2.45, 2.75) is 32.4 Å². The topological polar surface area (TPSA) is 62.4 Å². The molecule has 1 N–H and O–H groups in total. The molecular weight excluding hydrogens is 182 g/mol. The molecular formula is C9H15N3O2. The second-order valence-electron chi connectivity index (χ2n) is 3.70. The van der Waals surface area contributed by atoms with E-state index >= 15 is 0 Å². The highest BCUT2D eigenvalue weighted by molar-refractivity contribution is 4.89. The zero-order chi connectivity index (χ0) is 9.97. The van der Waals surface area contributed by atoms with E-state index in [1.807, 2.05) is 0 Å².